The Hall–Kier alpha value is -0.0800. The molecule has 2 saturated carbocycles. The zero-order chi connectivity index (χ0) is 17.0. The van der Waals surface area contributed by atoms with Crippen LogP contribution in [0, 0.1) is 11.3 Å². The van der Waals surface area contributed by atoms with Gasteiger partial charge in [-0.3, -0.25) is 4.99 Å². The van der Waals surface area contributed by atoms with Crippen molar-refractivity contribution in [2.45, 2.75) is 77.0 Å². The van der Waals surface area contributed by atoms with Gasteiger partial charge in [0, 0.05) is 44.2 Å². The summed E-state index contributed by atoms with van der Waals surface area (Å²) in [5, 5.41) is 7.07. The molecule has 1 aliphatic heterocycles. The third kappa shape index (κ3) is 5.01. The van der Waals surface area contributed by atoms with Crippen molar-refractivity contribution in [3.8, 4) is 0 Å². The molecule has 1 saturated heterocycles. The van der Waals surface area contributed by atoms with Gasteiger partial charge in [-0.15, -0.1) is 24.0 Å². The van der Waals surface area contributed by atoms with Gasteiger partial charge < -0.3 is 20.1 Å². The molecule has 0 radical (unpaired) electrons. The minimum absolute atomic E-state index is 0. The molecule has 3 unspecified atom stereocenters. The van der Waals surface area contributed by atoms with Crippen LogP contribution < -0.4 is 10.6 Å². The summed E-state index contributed by atoms with van der Waals surface area (Å²) < 4.78 is 11.9. The Morgan fingerprint density at radius 1 is 1.20 bits per heavy atom. The molecular weight excluding hydrogens is 429 g/mol. The molecule has 3 aliphatic rings. The maximum atomic E-state index is 5.98. The molecular formula is C19H36IN3O2. The molecule has 1 heterocycles. The molecule has 5 nitrogen and oxygen atoms in total. The van der Waals surface area contributed by atoms with Gasteiger partial charge in [0.15, 0.2) is 5.96 Å². The van der Waals surface area contributed by atoms with Crippen LogP contribution in [0.3, 0.4) is 0 Å². The van der Waals surface area contributed by atoms with Gasteiger partial charge in [-0.05, 0) is 25.7 Å². The summed E-state index contributed by atoms with van der Waals surface area (Å²) >= 11 is 0. The van der Waals surface area contributed by atoms with Crippen molar-refractivity contribution in [2.75, 3.05) is 26.8 Å². The molecule has 0 aromatic heterocycles. The van der Waals surface area contributed by atoms with Crippen LogP contribution in [0.25, 0.3) is 0 Å². The third-order valence-electron chi connectivity index (χ3n) is 6.14. The number of aliphatic imine (C=N–C) groups is 1. The van der Waals surface area contributed by atoms with Crippen LogP contribution in [-0.2, 0) is 9.47 Å². The molecule has 0 aromatic rings. The van der Waals surface area contributed by atoms with E-state index in [1.54, 1.807) is 0 Å². The molecule has 2 aliphatic carbocycles. The number of ether oxygens (including phenoxy) is 2. The molecule has 6 heteroatoms. The summed E-state index contributed by atoms with van der Waals surface area (Å²) in [6.07, 6.45) is 9.66. The van der Waals surface area contributed by atoms with Gasteiger partial charge in [-0.2, -0.15) is 0 Å². The van der Waals surface area contributed by atoms with E-state index < -0.39 is 0 Å². The largest absolute Gasteiger partial charge is 0.378 e. The maximum absolute atomic E-state index is 5.98. The third-order valence-corrected chi connectivity index (χ3v) is 6.14. The van der Waals surface area contributed by atoms with E-state index in [0.29, 0.717) is 24.2 Å². The Morgan fingerprint density at radius 2 is 1.96 bits per heavy atom. The second-order valence-electron chi connectivity index (χ2n) is 8.17. The van der Waals surface area contributed by atoms with E-state index in [9.17, 15) is 0 Å². The van der Waals surface area contributed by atoms with Crippen molar-refractivity contribution in [2.24, 2.45) is 16.3 Å². The van der Waals surface area contributed by atoms with E-state index in [1.165, 1.54) is 32.1 Å². The molecule has 146 valence electrons. The molecule has 3 fully saturated rings. The lowest BCUT2D eigenvalue weighted by atomic mass is 9.57. The highest BCUT2D eigenvalue weighted by Crippen LogP contribution is 2.52. The normalized spacial score (nSPS) is 31.6. The summed E-state index contributed by atoms with van der Waals surface area (Å²) in [5.74, 6) is 1.55. The molecule has 0 spiro atoms. The van der Waals surface area contributed by atoms with E-state index in [1.807, 2.05) is 7.05 Å². The average molecular weight is 465 g/mol. The van der Waals surface area contributed by atoms with Gasteiger partial charge >= 0.3 is 0 Å². The smallest absolute Gasteiger partial charge is 0.191 e. The molecule has 3 atom stereocenters. The van der Waals surface area contributed by atoms with Crippen LogP contribution >= 0.6 is 24.0 Å². The van der Waals surface area contributed by atoms with E-state index in [-0.39, 0.29) is 29.4 Å². The number of hydrogen-bond acceptors (Lipinski definition) is 3. The fraction of sp³-hybridized carbons (Fsp3) is 0.947. The molecule has 0 amide bonds. The summed E-state index contributed by atoms with van der Waals surface area (Å²) in [6.45, 7) is 7.25. The zero-order valence-electron chi connectivity index (χ0n) is 16.1. The van der Waals surface area contributed by atoms with Crippen molar-refractivity contribution >= 4 is 29.9 Å². The van der Waals surface area contributed by atoms with Gasteiger partial charge in [0.25, 0.3) is 0 Å². The average Bonchev–Trinajstić information content (AvgIpc) is 3.05. The van der Waals surface area contributed by atoms with Crippen LogP contribution in [0.15, 0.2) is 4.99 Å². The Labute approximate surface area is 170 Å². The predicted molar refractivity (Wildman–Crippen MR) is 113 cm³/mol. The number of halogens is 1. The molecule has 0 aromatic carbocycles. The summed E-state index contributed by atoms with van der Waals surface area (Å²) in [6, 6.07) is 0.453. The number of hydrogen-bond donors (Lipinski definition) is 2. The van der Waals surface area contributed by atoms with Gasteiger partial charge in [0.2, 0.25) is 0 Å². The highest BCUT2D eigenvalue weighted by molar-refractivity contribution is 14.0. The highest BCUT2D eigenvalue weighted by atomic mass is 127. The van der Waals surface area contributed by atoms with E-state index in [2.05, 4.69) is 29.5 Å². The zero-order valence-corrected chi connectivity index (χ0v) is 18.4. The van der Waals surface area contributed by atoms with Gasteiger partial charge in [0.1, 0.15) is 0 Å². The number of rotatable bonds is 6. The second-order valence-corrected chi connectivity index (χ2v) is 8.17. The van der Waals surface area contributed by atoms with Gasteiger partial charge in [0.05, 0.1) is 12.2 Å². The van der Waals surface area contributed by atoms with E-state index >= 15 is 0 Å². The lowest BCUT2D eigenvalue weighted by molar-refractivity contribution is -0.106. The van der Waals surface area contributed by atoms with Crippen molar-refractivity contribution < 1.29 is 9.47 Å². The van der Waals surface area contributed by atoms with Crippen molar-refractivity contribution in [1.29, 1.82) is 0 Å². The van der Waals surface area contributed by atoms with Crippen molar-refractivity contribution in [3.05, 3.63) is 0 Å². The maximum Gasteiger partial charge on any atom is 0.191 e. The lowest BCUT2D eigenvalue weighted by Crippen LogP contribution is -2.68. The van der Waals surface area contributed by atoms with Crippen LogP contribution in [0.5, 0.6) is 0 Å². The monoisotopic (exact) mass is 465 g/mol. The van der Waals surface area contributed by atoms with Crippen molar-refractivity contribution in [3.63, 3.8) is 0 Å². The Bertz CT molecular complexity index is 438. The Kier molecular flexibility index (Phi) is 8.27. The van der Waals surface area contributed by atoms with Gasteiger partial charge in [-0.25, -0.2) is 0 Å². The van der Waals surface area contributed by atoms with E-state index in [0.717, 1.165) is 38.6 Å². The highest BCUT2D eigenvalue weighted by Gasteiger charge is 2.59. The number of fused-ring (bicyclic) bond motifs is 1. The van der Waals surface area contributed by atoms with Crippen LogP contribution in [0.1, 0.15) is 58.8 Å². The minimum atomic E-state index is 0. The van der Waals surface area contributed by atoms with Crippen molar-refractivity contribution in [1.82, 2.24) is 10.6 Å². The van der Waals surface area contributed by atoms with E-state index in [4.69, 9.17) is 9.47 Å². The Balaban J connectivity index is 0.00000225. The summed E-state index contributed by atoms with van der Waals surface area (Å²) in [7, 11) is 1.85. The fourth-order valence-electron chi connectivity index (χ4n) is 4.72. The SMILES string of the molecule is CN=C(NCCCOC1CCCCC1)NC1C2CCOC2C1(C)C.I. The minimum Gasteiger partial charge on any atom is -0.378 e. The lowest BCUT2D eigenvalue weighted by Gasteiger charge is -2.54. The molecule has 0 bridgehead atoms. The first-order valence-electron chi connectivity index (χ1n) is 9.83. The van der Waals surface area contributed by atoms with Gasteiger partial charge in [-0.1, -0.05) is 33.1 Å². The number of guanidine groups is 1. The molecule has 2 N–H and O–H groups in total. The molecule has 3 rings (SSSR count). The Morgan fingerprint density at radius 3 is 2.68 bits per heavy atom. The molecule has 25 heavy (non-hydrogen) atoms. The van der Waals surface area contributed by atoms with Crippen LogP contribution in [0.4, 0.5) is 0 Å². The summed E-state index contributed by atoms with van der Waals surface area (Å²) in [4.78, 5) is 4.39. The first-order valence-corrected chi connectivity index (χ1v) is 9.83. The summed E-state index contributed by atoms with van der Waals surface area (Å²) in [5.41, 5.74) is 0.183. The van der Waals surface area contributed by atoms with Crippen LogP contribution in [0.2, 0.25) is 0 Å². The first-order chi connectivity index (χ1) is 11.6. The fourth-order valence-corrected chi connectivity index (χ4v) is 4.72. The quantitative estimate of drug-likeness (QED) is 0.274. The van der Waals surface area contributed by atoms with Crippen LogP contribution in [-0.4, -0.2) is 51.0 Å². The number of nitrogens with zero attached hydrogens (tertiary/aromatic N) is 1. The second kappa shape index (κ2) is 9.74. The standard InChI is InChI=1S/C19H35N3O2.HI/c1-19(2)16(15-10-13-24-17(15)19)22-18(20-3)21-11-7-12-23-14-8-5-4-6-9-14;/h14-17H,4-13H2,1-3H3,(H2,20,21,22);1H. The topological polar surface area (TPSA) is 54.9 Å². The predicted octanol–water partition coefficient (Wildman–Crippen LogP) is 3.32. The number of nitrogens with one attached hydrogen (secondary N) is 2. The first kappa shape index (κ1) is 21.2.